The first-order chi connectivity index (χ1) is 9.49. The van der Waals surface area contributed by atoms with Crippen LogP contribution in [-0.2, 0) is 11.3 Å². The summed E-state index contributed by atoms with van der Waals surface area (Å²) in [5.74, 6) is -0.0378. The Kier molecular flexibility index (Phi) is 3.97. The molecule has 1 aliphatic rings. The van der Waals surface area contributed by atoms with Gasteiger partial charge in [-0.25, -0.2) is 0 Å². The van der Waals surface area contributed by atoms with Gasteiger partial charge in [-0.3, -0.25) is 4.79 Å². The second-order valence-electron chi connectivity index (χ2n) is 5.57. The number of hydrogen-bond acceptors (Lipinski definition) is 3. The number of rotatable bonds is 4. The molecule has 3 N–H and O–H groups in total. The number of carbonyl (C=O) groups is 1. The molecule has 0 unspecified atom stereocenters. The fourth-order valence-corrected chi connectivity index (χ4v) is 2.61. The van der Waals surface area contributed by atoms with E-state index in [0.29, 0.717) is 19.4 Å². The maximum atomic E-state index is 12.6. The Morgan fingerprint density at radius 2 is 2.00 bits per heavy atom. The Labute approximate surface area is 119 Å². The third-order valence-electron chi connectivity index (χ3n) is 4.10. The summed E-state index contributed by atoms with van der Waals surface area (Å²) >= 11 is 0. The fourth-order valence-electron chi connectivity index (χ4n) is 2.61. The molecule has 2 rings (SSSR count). The number of hydrogen-bond donors (Lipinski definition) is 2. The number of nitrogens with two attached hydrogens (primary N) is 1. The molecule has 1 aromatic rings. The van der Waals surface area contributed by atoms with Crippen molar-refractivity contribution in [2.24, 2.45) is 16.3 Å². The van der Waals surface area contributed by atoms with Gasteiger partial charge in [0.15, 0.2) is 5.84 Å². The lowest BCUT2D eigenvalue weighted by molar-refractivity contribution is -0.141. The zero-order valence-electron chi connectivity index (χ0n) is 12.0. The number of nitrogens with zero attached hydrogens (tertiary/aromatic N) is 2. The molecule has 5 heteroatoms. The van der Waals surface area contributed by atoms with E-state index in [1.54, 1.807) is 11.9 Å². The number of oxime groups is 1. The number of amidine groups is 1. The van der Waals surface area contributed by atoms with E-state index in [1.807, 2.05) is 31.2 Å². The summed E-state index contributed by atoms with van der Waals surface area (Å²) in [6.07, 6.45) is 2.24. The average Bonchev–Trinajstić information content (AvgIpc) is 2.39. The van der Waals surface area contributed by atoms with Crippen molar-refractivity contribution >= 4 is 11.7 Å². The smallest absolute Gasteiger partial charge is 0.236 e. The highest BCUT2D eigenvalue weighted by Gasteiger charge is 2.49. The molecule has 0 saturated heterocycles. The van der Waals surface area contributed by atoms with Crippen molar-refractivity contribution in [2.45, 2.75) is 32.7 Å². The van der Waals surface area contributed by atoms with Gasteiger partial charge in [-0.1, -0.05) is 41.4 Å². The Bertz CT molecular complexity index is 518. The van der Waals surface area contributed by atoms with Crippen molar-refractivity contribution in [3.8, 4) is 0 Å². The summed E-state index contributed by atoms with van der Waals surface area (Å²) in [6.45, 7) is 2.56. The lowest BCUT2D eigenvalue weighted by Crippen LogP contribution is -2.54. The van der Waals surface area contributed by atoms with Crippen LogP contribution in [0.4, 0.5) is 0 Å². The fraction of sp³-hybridized carbons (Fsp3) is 0.467. The van der Waals surface area contributed by atoms with E-state index >= 15 is 0 Å². The second-order valence-corrected chi connectivity index (χ2v) is 5.57. The quantitative estimate of drug-likeness (QED) is 0.381. The summed E-state index contributed by atoms with van der Waals surface area (Å²) in [6, 6.07) is 8.07. The van der Waals surface area contributed by atoms with Crippen molar-refractivity contribution in [1.82, 2.24) is 4.90 Å². The minimum atomic E-state index is -0.797. The van der Waals surface area contributed by atoms with Crippen LogP contribution in [0.2, 0.25) is 0 Å². The van der Waals surface area contributed by atoms with E-state index in [-0.39, 0.29) is 11.7 Å². The van der Waals surface area contributed by atoms with E-state index in [1.165, 1.54) is 5.56 Å². The minimum absolute atomic E-state index is 0.0320. The number of carbonyl (C=O) groups excluding carboxylic acids is 1. The van der Waals surface area contributed by atoms with Gasteiger partial charge in [-0.05, 0) is 25.3 Å². The maximum Gasteiger partial charge on any atom is 0.236 e. The molecule has 20 heavy (non-hydrogen) atoms. The lowest BCUT2D eigenvalue weighted by Gasteiger charge is -2.41. The van der Waals surface area contributed by atoms with E-state index in [9.17, 15) is 4.79 Å². The predicted molar refractivity (Wildman–Crippen MR) is 77.3 cm³/mol. The van der Waals surface area contributed by atoms with Crippen molar-refractivity contribution in [3.05, 3.63) is 35.4 Å². The van der Waals surface area contributed by atoms with Crippen LogP contribution >= 0.6 is 0 Å². The molecule has 1 fully saturated rings. The van der Waals surface area contributed by atoms with Gasteiger partial charge < -0.3 is 15.8 Å². The zero-order chi connectivity index (χ0) is 14.8. The van der Waals surface area contributed by atoms with Crippen LogP contribution < -0.4 is 5.73 Å². The summed E-state index contributed by atoms with van der Waals surface area (Å²) in [5.41, 5.74) is 7.18. The van der Waals surface area contributed by atoms with Crippen LogP contribution in [0, 0.1) is 12.3 Å². The average molecular weight is 275 g/mol. The first kappa shape index (κ1) is 14.4. The summed E-state index contributed by atoms with van der Waals surface area (Å²) in [5, 5.41) is 11.9. The van der Waals surface area contributed by atoms with Crippen LogP contribution in [0.3, 0.4) is 0 Å². The monoisotopic (exact) mass is 275 g/mol. The molecule has 0 aromatic heterocycles. The molecule has 108 valence electrons. The molecule has 1 saturated carbocycles. The summed E-state index contributed by atoms with van der Waals surface area (Å²) in [4.78, 5) is 14.2. The van der Waals surface area contributed by atoms with Gasteiger partial charge in [0.1, 0.15) is 5.41 Å². The maximum absolute atomic E-state index is 12.6. The normalized spacial score (nSPS) is 17.4. The van der Waals surface area contributed by atoms with Gasteiger partial charge in [-0.2, -0.15) is 0 Å². The van der Waals surface area contributed by atoms with Crippen molar-refractivity contribution in [1.29, 1.82) is 0 Å². The number of aryl methyl sites for hydroxylation is 1. The van der Waals surface area contributed by atoms with Crippen LogP contribution in [0.1, 0.15) is 30.4 Å². The molecule has 1 amide bonds. The Balaban J connectivity index is 2.10. The largest absolute Gasteiger partial charge is 0.409 e. The van der Waals surface area contributed by atoms with E-state index in [4.69, 9.17) is 10.9 Å². The van der Waals surface area contributed by atoms with Crippen LogP contribution in [-0.4, -0.2) is 28.9 Å². The Morgan fingerprint density at radius 3 is 2.45 bits per heavy atom. The van der Waals surface area contributed by atoms with Gasteiger partial charge in [0, 0.05) is 13.6 Å². The molecule has 0 spiro atoms. The first-order valence-electron chi connectivity index (χ1n) is 6.79. The first-order valence-corrected chi connectivity index (χ1v) is 6.79. The molecule has 1 aromatic carbocycles. The van der Waals surface area contributed by atoms with Gasteiger partial charge in [0.2, 0.25) is 5.91 Å². The summed E-state index contributed by atoms with van der Waals surface area (Å²) in [7, 11) is 1.76. The molecule has 5 nitrogen and oxygen atoms in total. The topological polar surface area (TPSA) is 78.9 Å². The standard InChI is InChI=1S/C15H21N3O2/c1-11-4-6-12(7-5-11)10-18(2)14(19)15(8-3-9-15)13(16)17-20/h4-7,20H,3,8-10H2,1-2H3,(H2,16,17). The van der Waals surface area contributed by atoms with E-state index < -0.39 is 5.41 Å². The summed E-state index contributed by atoms with van der Waals surface area (Å²) < 4.78 is 0. The molecule has 0 aliphatic heterocycles. The third-order valence-corrected chi connectivity index (χ3v) is 4.10. The van der Waals surface area contributed by atoms with Crippen LogP contribution in [0.5, 0.6) is 0 Å². The van der Waals surface area contributed by atoms with Gasteiger partial charge in [0.25, 0.3) is 0 Å². The predicted octanol–water partition coefficient (Wildman–Crippen LogP) is 1.87. The molecule has 0 bridgehead atoms. The van der Waals surface area contributed by atoms with Gasteiger partial charge in [0.05, 0.1) is 0 Å². The van der Waals surface area contributed by atoms with E-state index in [0.717, 1.165) is 12.0 Å². The van der Waals surface area contributed by atoms with E-state index in [2.05, 4.69) is 5.16 Å². The zero-order valence-corrected chi connectivity index (χ0v) is 12.0. The van der Waals surface area contributed by atoms with Gasteiger partial charge >= 0.3 is 0 Å². The highest BCUT2D eigenvalue weighted by atomic mass is 16.4. The Hall–Kier alpha value is -2.04. The molecule has 0 heterocycles. The van der Waals surface area contributed by atoms with Crippen molar-refractivity contribution in [3.63, 3.8) is 0 Å². The molecular weight excluding hydrogens is 254 g/mol. The van der Waals surface area contributed by atoms with Crippen LogP contribution in [0.25, 0.3) is 0 Å². The lowest BCUT2D eigenvalue weighted by atomic mass is 9.67. The highest BCUT2D eigenvalue weighted by molar-refractivity contribution is 6.07. The minimum Gasteiger partial charge on any atom is -0.409 e. The molecular formula is C15H21N3O2. The number of amides is 1. The Morgan fingerprint density at radius 1 is 1.40 bits per heavy atom. The van der Waals surface area contributed by atoms with Crippen molar-refractivity contribution < 1.29 is 10.0 Å². The van der Waals surface area contributed by atoms with Crippen LogP contribution in [0.15, 0.2) is 29.4 Å². The van der Waals surface area contributed by atoms with Crippen molar-refractivity contribution in [2.75, 3.05) is 7.05 Å². The molecule has 0 atom stereocenters. The van der Waals surface area contributed by atoms with Gasteiger partial charge in [-0.15, -0.1) is 0 Å². The second kappa shape index (κ2) is 5.53. The molecule has 1 aliphatic carbocycles. The third kappa shape index (κ3) is 2.48. The number of benzene rings is 1. The molecule has 0 radical (unpaired) electrons. The SMILES string of the molecule is Cc1ccc(CN(C)C(=O)C2(/C(N)=N/O)CCC2)cc1. The highest BCUT2D eigenvalue weighted by Crippen LogP contribution is 2.42.